The van der Waals surface area contributed by atoms with Gasteiger partial charge in [0.05, 0.1) is 25.8 Å². The number of ether oxygens (including phenoxy) is 2. The molecule has 1 unspecified atom stereocenters. The maximum atomic E-state index is 12.0. The molecular formula is C26H29N3O3. The summed E-state index contributed by atoms with van der Waals surface area (Å²) in [5.74, 6) is 0.541. The highest BCUT2D eigenvalue weighted by atomic mass is 16.5. The molecule has 166 valence electrons. The number of benzene rings is 2. The summed E-state index contributed by atoms with van der Waals surface area (Å²) in [5.41, 5.74) is 3.37. The monoisotopic (exact) mass is 431 g/mol. The van der Waals surface area contributed by atoms with Crippen molar-refractivity contribution >= 4 is 17.3 Å². The smallest absolute Gasteiger partial charge is 0.306 e. The van der Waals surface area contributed by atoms with Gasteiger partial charge >= 0.3 is 5.97 Å². The number of carbonyl (C=O) groups is 1. The van der Waals surface area contributed by atoms with Gasteiger partial charge in [-0.15, -0.1) is 0 Å². The minimum absolute atomic E-state index is 0.0692. The molecule has 1 fully saturated rings. The van der Waals surface area contributed by atoms with Crippen LogP contribution in [0.5, 0.6) is 5.75 Å². The van der Waals surface area contributed by atoms with Gasteiger partial charge in [-0.05, 0) is 29.8 Å². The molecule has 2 aromatic carbocycles. The van der Waals surface area contributed by atoms with Crippen LogP contribution < -0.4 is 14.5 Å². The van der Waals surface area contributed by atoms with Crippen LogP contribution in [-0.2, 0) is 9.53 Å². The van der Waals surface area contributed by atoms with Gasteiger partial charge in [-0.2, -0.15) is 0 Å². The van der Waals surface area contributed by atoms with Gasteiger partial charge in [0.1, 0.15) is 5.75 Å². The lowest BCUT2D eigenvalue weighted by molar-refractivity contribution is -0.141. The highest BCUT2D eigenvalue weighted by Crippen LogP contribution is 2.31. The largest absolute Gasteiger partial charge is 0.491 e. The van der Waals surface area contributed by atoms with Crippen LogP contribution in [0.2, 0.25) is 0 Å². The highest BCUT2D eigenvalue weighted by Gasteiger charge is 2.22. The normalized spacial score (nSPS) is 14.7. The van der Waals surface area contributed by atoms with Crippen LogP contribution >= 0.6 is 0 Å². The number of aromatic nitrogens is 1. The minimum Gasteiger partial charge on any atom is -0.491 e. The molecule has 0 bridgehead atoms. The number of para-hydroxylation sites is 2. The zero-order valence-electron chi connectivity index (χ0n) is 18.4. The second-order valence-electron chi connectivity index (χ2n) is 7.85. The van der Waals surface area contributed by atoms with Crippen molar-refractivity contribution in [3.8, 4) is 5.75 Å². The van der Waals surface area contributed by atoms with Crippen molar-refractivity contribution in [1.29, 1.82) is 0 Å². The minimum atomic E-state index is -0.233. The molecule has 0 aliphatic carbocycles. The second-order valence-corrected chi connectivity index (χ2v) is 7.85. The van der Waals surface area contributed by atoms with E-state index in [1.807, 2.05) is 60.9 Å². The average Bonchev–Trinajstić information content (AvgIpc) is 2.87. The third-order valence-corrected chi connectivity index (χ3v) is 5.87. The maximum Gasteiger partial charge on any atom is 0.306 e. The summed E-state index contributed by atoms with van der Waals surface area (Å²) in [6.45, 7) is 4.10. The molecule has 0 saturated carbocycles. The van der Waals surface area contributed by atoms with Crippen LogP contribution in [0.3, 0.4) is 0 Å². The Morgan fingerprint density at radius 3 is 2.28 bits per heavy atom. The Bertz CT molecular complexity index is 989. The van der Waals surface area contributed by atoms with Crippen molar-refractivity contribution in [2.75, 3.05) is 49.7 Å². The summed E-state index contributed by atoms with van der Waals surface area (Å²) in [6.07, 6.45) is 3.96. The van der Waals surface area contributed by atoms with Crippen LogP contribution in [0, 0.1) is 0 Å². The fourth-order valence-corrected chi connectivity index (χ4v) is 4.07. The summed E-state index contributed by atoms with van der Waals surface area (Å²) in [5, 5.41) is 0. The van der Waals surface area contributed by atoms with Crippen molar-refractivity contribution in [1.82, 2.24) is 4.98 Å². The lowest BCUT2D eigenvalue weighted by Crippen LogP contribution is -2.46. The van der Waals surface area contributed by atoms with Crippen LogP contribution in [0.1, 0.15) is 17.9 Å². The van der Waals surface area contributed by atoms with E-state index in [-0.39, 0.29) is 18.3 Å². The van der Waals surface area contributed by atoms with E-state index in [0.717, 1.165) is 43.2 Å². The van der Waals surface area contributed by atoms with Gasteiger partial charge in [-0.1, -0.05) is 42.5 Å². The number of carbonyl (C=O) groups excluding carboxylic acids is 1. The summed E-state index contributed by atoms with van der Waals surface area (Å²) < 4.78 is 11.2. The Balaban J connectivity index is 1.43. The first-order valence-corrected chi connectivity index (χ1v) is 11.0. The fourth-order valence-electron chi connectivity index (χ4n) is 4.07. The molecule has 32 heavy (non-hydrogen) atoms. The average molecular weight is 432 g/mol. The van der Waals surface area contributed by atoms with Gasteiger partial charge in [-0.25, -0.2) is 0 Å². The number of pyridine rings is 1. The van der Waals surface area contributed by atoms with E-state index in [9.17, 15) is 4.79 Å². The molecule has 0 spiro atoms. The molecule has 0 amide bonds. The van der Waals surface area contributed by atoms with E-state index in [1.54, 1.807) is 0 Å². The molecular weight excluding hydrogens is 402 g/mol. The van der Waals surface area contributed by atoms with Crippen LogP contribution in [0.4, 0.5) is 11.4 Å². The second kappa shape index (κ2) is 10.7. The van der Waals surface area contributed by atoms with Gasteiger partial charge in [0, 0.05) is 50.2 Å². The number of nitrogens with zero attached hydrogens (tertiary/aromatic N) is 3. The molecule has 3 aromatic rings. The topological polar surface area (TPSA) is 54.9 Å². The van der Waals surface area contributed by atoms with Crippen LogP contribution in [-0.4, -0.2) is 50.8 Å². The Morgan fingerprint density at radius 1 is 0.906 bits per heavy atom. The summed E-state index contributed by atoms with van der Waals surface area (Å²) >= 11 is 0. The van der Waals surface area contributed by atoms with E-state index >= 15 is 0 Å². The first kappa shape index (κ1) is 21.7. The maximum absolute atomic E-state index is 12.0. The molecule has 0 radical (unpaired) electrons. The predicted molar refractivity (Wildman–Crippen MR) is 126 cm³/mol. The van der Waals surface area contributed by atoms with E-state index < -0.39 is 0 Å². The van der Waals surface area contributed by atoms with Crippen molar-refractivity contribution in [3.05, 3.63) is 84.7 Å². The molecule has 6 nitrogen and oxygen atoms in total. The zero-order valence-corrected chi connectivity index (χ0v) is 18.4. The van der Waals surface area contributed by atoms with Gasteiger partial charge < -0.3 is 19.3 Å². The molecule has 1 aromatic heterocycles. The number of methoxy groups -OCH3 is 1. The van der Waals surface area contributed by atoms with Crippen molar-refractivity contribution < 1.29 is 14.3 Å². The first-order chi connectivity index (χ1) is 15.7. The lowest BCUT2D eigenvalue weighted by atomic mass is 9.96. The quantitative estimate of drug-likeness (QED) is 0.500. The summed E-state index contributed by atoms with van der Waals surface area (Å²) in [7, 11) is 1.42. The lowest BCUT2D eigenvalue weighted by Gasteiger charge is -2.38. The molecule has 1 saturated heterocycles. The van der Waals surface area contributed by atoms with Crippen molar-refractivity contribution in [2.45, 2.75) is 12.3 Å². The van der Waals surface area contributed by atoms with Crippen LogP contribution in [0.15, 0.2) is 79.1 Å². The first-order valence-electron chi connectivity index (χ1n) is 11.0. The number of hydrogen-bond donors (Lipinski definition) is 0. The third kappa shape index (κ3) is 5.38. The van der Waals surface area contributed by atoms with E-state index in [2.05, 4.69) is 33.0 Å². The number of piperazine rings is 1. The Labute approximate surface area is 189 Å². The SMILES string of the molecule is COC(=O)CC(COc1ccccc1N1CCN(c2ccncc2)CC1)c1ccccc1. The predicted octanol–water partition coefficient (Wildman–Crippen LogP) is 4.13. The summed E-state index contributed by atoms with van der Waals surface area (Å²) in [6, 6.07) is 22.2. The van der Waals surface area contributed by atoms with Crippen LogP contribution in [0.25, 0.3) is 0 Å². The Hall–Kier alpha value is -3.54. The molecule has 6 heteroatoms. The van der Waals surface area contributed by atoms with Gasteiger partial charge in [-0.3, -0.25) is 9.78 Å². The molecule has 1 aliphatic heterocycles. The fraction of sp³-hybridized carbons (Fsp3) is 0.308. The van der Waals surface area contributed by atoms with Gasteiger partial charge in [0.25, 0.3) is 0 Å². The standard InChI is InChI=1S/C26H29N3O3/c1-31-26(30)19-22(21-7-3-2-4-8-21)20-32-25-10-6-5-9-24(25)29-17-15-28(16-18-29)23-11-13-27-14-12-23/h2-14,22H,15-20H2,1H3. The van der Waals surface area contributed by atoms with E-state index in [0.29, 0.717) is 6.61 Å². The number of hydrogen-bond acceptors (Lipinski definition) is 6. The van der Waals surface area contributed by atoms with Gasteiger partial charge in [0.2, 0.25) is 0 Å². The molecule has 1 aliphatic rings. The van der Waals surface area contributed by atoms with Gasteiger partial charge in [0.15, 0.2) is 0 Å². The summed E-state index contributed by atoms with van der Waals surface area (Å²) in [4.78, 5) is 20.8. The molecule has 4 rings (SSSR count). The number of esters is 1. The van der Waals surface area contributed by atoms with Crippen molar-refractivity contribution in [3.63, 3.8) is 0 Å². The third-order valence-electron chi connectivity index (χ3n) is 5.87. The number of anilines is 2. The van der Waals surface area contributed by atoms with E-state index in [1.165, 1.54) is 12.8 Å². The van der Waals surface area contributed by atoms with Crippen molar-refractivity contribution in [2.24, 2.45) is 0 Å². The molecule has 2 heterocycles. The Morgan fingerprint density at radius 2 is 1.56 bits per heavy atom. The highest BCUT2D eigenvalue weighted by molar-refractivity contribution is 5.70. The zero-order chi connectivity index (χ0) is 22.2. The number of rotatable bonds is 8. The van der Waals surface area contributed by atoms with E-state index in [4.69, 9.17) is 9.47 Å². The molecule has 1 atom stereocenters. The molecule has 0 N–H and O–H groups in total. The Kier molecular flexibility index (Phi) is 7.23.